The van der Waals surface area contributed by atoms with Gasteiger partial charge in [0.1, 0.15) is 30.3 Å². The third kappa shape index (κ3) is 5.34. The lowest BCUT2D eigenvalue weighted by molar-refractivity contribution is -0.139. The highest BCUT2D eigenvalue weighted by Crippen LogP contribution is 2.65. The second-order valence-electron chi connectivity index (χ2n) is 14.0. The van der Waals surface area contributed by atoms with Crippen molar-refractivity contribution >= 4 is 29.3 Å². The number of alkyl halides is 2. The molecule has 1 N–H and O–H groups in total. The Balaban J connectivity index is 1.43. The molecule has 1 aromatic heterocycles. The van der Waals surface area contributed by atoms with Crippen LogP contribution in [0.2, 0.25) is 0 Å². The minimum absolute atomic E-state index is 0.0641. The standard InChI is InChI=1S/C32H40F2N4O6/c1-17-22(16-39)38-15-24(17)43-27-25(35-20-9-8-19(42-5)14-21(20)36-27)32(33,34)31(11-12-31)10-6-7-18-13-23(18)44-29(41)37-26(28(38)40)30(2,3)4/h8-9,14,16-18,22-24,26H,6-7,10-13,15H2,1-5H3,(H,37,41)/t17-,18+,22+,23+,24-,26+/m0/s1. The van der Waals surface area contributed by atoms with E-state index in [0.29, 0.717) is 56.1 Å². The topological polar surface area (TPSA) is 120 Å². The van der Waals surface area contributed by atoms with Gasteiger partial charge in [-0.3, -0.25) is 4.79 Å². The van der Waals surface area contributed by atoms with Crippen LogP contribution < -0.4 is 14.8 Å². The van der Waals surface area contributed by atoms with Crippen molar-refractivity contribution in [3.05, 3.63) is 23.9 Å². The first-order chi connectivity index (χ1) is 20.8. The van der Waals surface area contributed by atoms with Crippen LogP contribution in [0.25, 0.3) is 11.0 Å². The number of methoxy groups -OCH3 is 1. The van der Waals surface area contributed by atoms with Crippen LogP contribution in [0.5, 0.6) is 11.6 Å². The summed E-state index contributed by atoms with van der Waals surface area (Å²) in [6.07, 6.45) is 1.64. The van der Waals surface area contributed by atoms with Gasteiger partial charge < -0.3 is 29.2 Å². The molecule has 12 heteroatoms. The molecule has 2 aromatic rings. The summed E-state index contributed by atoms with van der Waals surface area (Å²) in [5.41, 5.74) is -1.91. The van der Waals surface area contributed by atoms with Gasteiger partial charge in [0.15, 0.2) is 5.69 Å². The quantitative estimate of drug-likeness (QED) is 0.469. The molecule has 2 bridgehead atoms. The molecule has 2 amide bonds. The van der Waals surface area contributed by atoms with Gasteiger partial charge in [-0.25, -0.2) is 14.8 Å². The molecule has 6 rings (SSSR count). The molecule has 1 aromatic carbocycles. The zero-order valence-corrected chi connectivity index (χ0v) is 25.8. The summed E-state index contributed by atoms with van der Waals surface area (Å²) in [5, 5.41) is 2.75. The predicted octanol–water partition coefficient (Wildman–Crippen LogP) is 5.02. The number of carbonyl (C=O) groups is 3. The second-order valence-corrected chi connectivity index (χ2v) is 14.0. The number of alkyl carbamates (subject to hydrolysis) is 1. The highest BCUT2D eigenvalue weighted by Gasteiger charge is 2.64. The molecular formula is C32H40F2N4O6. The van der Waals surface area contributed by atoms with Crippen molar-refractivity contribution in [1.29, 1.82) is 0 Å². The van der Waals surface area contributed by atoms with E-state index in [9.17, 15) is 14.4 Å². The van der Waals surface area contributed by atoms with Gasteiger partial charge in [-0.1, -0.05) is 34.1 Å². The number of amides is 2. The molecule has 2 saturated carbocycles. The maximum Gasteiger partial charge on any atom is 0.408 e. The van der Waals surface area contributed by atoms with E-state index in [0.717, 1.165) is 0 Å². The average Bonchev–Trinajstić information content (AvgIpc) is 3.89. The van der Waals surface area contributed by atoms with Crippen LogP contribution in [-0.2, 0) is 20.2 Å². The number of benzene rings is 1. The van der Waals surface area contributed by atoms with Crippen molar-refractivity contribution in [2.75, 3.05) is 13.7 Å². The van der Waals surface area contributed by atoms with E-state index >= 15 is 8.78 Å². The predicted molar refractivity (Wildman–Crippen MR) is 155 cm³/mol. The molecule has 44 heavy (non-hydrogen) atoms. The maximum absolute atomic E-state index is 16.6. The summed E-state index contributed by atoms with van der Waals surface area (Å²) in [6, 6.07) is 2.94. The molecule has 238 valence electrons. The Morgan fingerprint density at radius 3 is 2.50 bits per heavy atom. The summed E-state index contributed by atoms with van der Waals surface area (Å²) in [5.74, 6) is -4.11. The summed E-state index contributed by atoms with van der Waals surface area (Å²) in [7, 11) is 1.50. The van der Waals surface area contributed by atoms with Crippen LogP contribution in [-0.4, -0.2) is 71.1 Å². The molecule has 6 atom stereocenters. The fourth-order valence-corrected chi connectivity index (χ4v) is 6.74. The van der Waals surface area contributed by atoms with Crippen molar-refractivity contribution in [1.82, 2.24) is 20.2 Å². The minimum atomic E-state index is -3.34. The highest BCUT2D eigenvalue weighted by atomic mass is 19.3. The lowest BCUT2D eigenvalue weighted by Gasteiger charge is -2.34. The Hall–Kier alpha value is -3.57. The highest BCUT2D eigenvalue weighted by molar-refractivity contribution is 5.89. The van der Waals surface area contributed by atoms with Gasteiger partial charge in [-0.15, -0.1) is 0 Å². The smallest absolute Gasteiger partial charge is 0.408 e. The molecule has 2 aliphatic heterocycles. The van der Waals surface area contributed by atoms with Crippen molar-refractivity contribution < 1.29 is 37.4 Å². The number of aldehydes is 1. The normalized spacial score (nSPS) is 31.5. The van der Waals surface area contributed by atoms with Crippen molar-refractivity contribution in [2.24, 2.45) is 22.7 Å². The zero-order valence-electron chi connectivity index (χ0n) is 25.8. The number of rotatable bonds is 2. The van der Waals surface area contributed by atoms with Crippen LogP contribution in [0, 0.1) is 22.7 Å². The summed E-state index contributed by atoms with van der Waals surface area (Å²) >= 11 is 0. The molecule has 0 unspecified atom stereocenters. The van der Waals surface area contributed by atoms with E-state index in [1.54, 1.807) is 25.1 Å². The number of fused-ring (bicyclic) bond motifs is 5. The first-order valence-electron chi connectivity index (χ1n) is 15.4. The lowest BCUT2D eigenvalue weighted by atomic mass is 9.85. The van der Waals surface area contributed by atoms with Gasteiger partial charge in [0.05, 0.1) is 30.7 Å². The van der Waals surface area contributed by atoms with E-state index in [2.05, 4.69) is 15.3 Å². The fourth-order valence-electron chi connectivity index (χ4n) is 6.74. The van der Waals surface area contributed by atoms with E-state index in [4.69, 9.17) is 14.2 Å². The molecule has 1 spiro atoms. The lowest BCUT2D eigenvalue weighted by Crippen LogP contribution is -2.56. The van der Waals surface area contributed by atoms with Crippen LogP contribution in [0.15, 0.2) is 18.2 Å². The molecule has 3 heterocycles. The number of hydrogen-bond donors (Lipinski definition) is 1. The molecule has 2 aliphatic carbocycles. The third-order valence-corrected chi connectivity index (χ3v) is 9.93. The summed E-state index contributed by atoms with van der Waals surface area (Å²) < 4.78 is 50.5. The number of aromatic nitrogens is 2. The van der Waals surface area contributed by atoms with Crippen LogP contribution >= 0.6 is 0 Å². The first kappa shape index (κ1) is 30.5. The number of nitrogens with zero attached hydrogens (tertiary/aromatic N) is 3. The van der Waals surface area contributed by atoms with E-state index in [1.165, 1.54) is 12.0 Å². The number of nitrogens with one attached hydrogen (secondary N) is 1. The zero-order chi connectivity index (χ0) is 31.6. The third-order valence-electron chi connectivity index (χ3n) is 9.93. The summed E-state index contributed by atoms with van der Waals surface area (Å²) in [6.45, 7) is 7.11. The molecule has 10 nitrogen and oxygen atoms in total. The molecule has 0 radical (unpaired) electrons. The monoisotopic (exact) mass is 614 g/mol. The Morgan fingerprint density at radius 2 is 1.84 bits per heavy atom. The van der Waals surface area contributed by atoms with Crippen LogP contribution in [0.3, 0.4) is 0 Å². The van der Waals surface area contributed by atoms with E-state index < -0.39 is 58.6 Å². The van der Waals surface area contributed by atoms with Gasteiger partial charge in [0.25, 0.3) is 0 Å². The Kier molecular flexibility index (Phi) is 7.48. The number of ether oxygens (including phenoxy) is 3. The van der Waals surface area contributed by atoms with Gasteiger partial charge in [-0.05, 0) is 55.6 Å². The molecule has 3 fully saturated rings. The number of halogens is 2. The van der Waals surface area contributed by atoms with Gasteiger partial charge in [0, 0.05) is 17.4 Å². The van der Waals surface area contributed by atoms with E-state index in [1.807, 2.05) is 20.8 Å². The van der Waals surface area contributed by atoms with Crippen molar-refractivity contribution in [3.8, 4) is 11.6 Å². The Morgan fingerprint density at radius 1 is 1.09 bits per heavy atom. The van der Waals surface area contributed by atoms with Gasteiger partial charge >= 0.3 is 12.0 Å². The second kappa shape index (κ2) is 10.8. The number of hydrogen-bond acceptors (Lipinski definition) is 8. The summed E-state index contributed by atoms with van der Waals surface area (Å²) in [4.78, 5) is 49.5. The Labute approximate surface area is 255 Å². The minimum Gasteiger partial charge on any atom is -0.497 e. The van der Waals surface area contributed by atoms with Gasteiger partial charge in [-0.2, -0.15) is 8.78 Å². The SMILES string of the molecule is COc1ccc2nc3c(nc2c1)O[C@H]1CN(C(=O)[C@H](C(C)(C)C)NC(=O)O[C@@H]2C[C@H]2CCCC2(CC2)C3(F)F)[C@H](C=O)[C@@H]1C. The Bertz CT molecular complexity index is 1470. The average molecular weight is 615 g/mol. The van der Waals surface area contributed by atoms with E-state index in [-0.39, 0.29) is 30.0 Å². The molecule has 4 aliphatic rings. The molecular weight excluding hydrogens is 574 g/mol. The van der Waals surface area contributed by atoms with Crippen LogP contribution in [0.4, 0.5) is 13.6 Å². The largest absolute Gasteiger partial charge is 0.497 e. The fraction of sp³-hybridized carbons (Fsp3) is 0.656. The van der Waals surface area contributed by atoms with Crippen molar-refractivity contribution in [2.45, 2.75) is 96.4 Å². The first-order valence-corrected chi connectivity index (χ1v) is 15.4. The maximum atomic E-state index is 16.6. The number of carbonyl (C=O) groups excluding carboxylic acids is 3. The molecule has 1 saturated heterocycles. The van der Waals surface area contributed by atoms with Gasteiger partial charge in [0.2, 0.25) is 11.8 Å². The van der Waals surface area contributed by atoms with Crippen molar-refractivity contribution in [3.63, 3.8) is 0 Å². The van der Waals surface area contributed by atoms with Crippen LogP contribution in [0.1, 0.15) is 71.9 Å².